The van der Waals surface area contributed by atoms with Crippen LogP contribution in [-0.4, -0.2) is 49.5 Å². The van der Waals surface area contributed by atoms with Crippen molar-refractivity contribution in [3.8, 4) is 0 Å². The number of hydrogen-bond donors (Lipinski definition) is 1. The zero-order chi connectivity index (χ0) is 16.9. The predicted octanol–water partition coefficient (Wildman–Crippen LogP) is 3.87. The van der Waals surface area contributed by atoms with Gasteiger partial charge in [-0.2, -0.15) is 0 Å². The highest BCUT2D eigenvalue weighted by molar-refractivity contribution is 6.30. The minimum atomic E-state index is -0.383. The maximum Gasteiger partial charge on any atom is 0.0745 e. The molecule has 2 unspecified atom stereocenters. The molecule has 0 heterocycles. The smallest absolute Gasteiger partial charge is 0.0745 e. The number of benzene rings is 1. The Morgan fingerprint density at radius 2 is 1.91 bits per heavy atom. The molecular weight excluding hydrogens is 310 g/mol. The van der Waals surface area contributed by atoms with Crippen LogP contribution in [0.1, 0.15) is 44.6 Å². The van der Waals surface area contributed by atoms with Gasteiger partial charge < -0.3 is 14.7 Å². The van der Waals surface area contributed by atoms with Crippen molar-refractivity contribution in [2.45, 2.75) is 56.6 Å². The van der Waals surface area contributed by atoms with Crippen LogP contribution in [0.25, 0.3) is 0 Å². The zero-order valence-corrected chi connectivity index (χ0v) is 15.4. The summed E-state index contributed by atoms with van der Waals surface area (Å²) in [6.45, 7) is 2.90. The molecule has 4 heteroatoms. The van der Waals surface area contributed by atoms with Crippen molar-refractivity contribution >= 4 is 11.6 Å². The number of aliphatic hydroxyl groups is 1. The highest BCUT2D eigenvalue weighted by Crippen LogP contribution is 2.49. The summed E-state index contributed by atoms with van der Waals surface area (Å²) in [5.74, 6) is 0. The van der Waals surface area contributed by atoms with Crippen molar-refractivity contribution in [1.82, 2.24) is 4.90 Å². The number of likely N-dealkylation sites (N-methyl/N-ethyl adjacent to an activating group) is 1. The standard InChI is InChI=1S/C19H30ClNO2/c1-15(22)14-23-13-4-6-18(21(2)3)19(11-5-12-19)16-7-9-17(20)10-8-16/h7-10,15,18,22H,4-6,11-14H2,1-3H3. The van der Waals surface area contributed by atoms with Crippen molar-refractivity contribution < 1.29 is 9.84 Å². The first-order valence-corrected chi connectivity index (χ1v) is 9.02. The zero-order valence-electron chi connectivity index (χ0n) is 14.6. The molecule has 1 fully saturated rings. The fraction of sp³-hybridized carbons (Fsp3) is 0.684. The lowest BCUT2D eigenvalue weighted by Gasteiger charge is -2.51. The number of rotatable bonds is 9. The lowest BCUT2D eigenvalue weighted by Crippen LogP contribution is -2.52. The predicted molar refractivity (Wildman–Crippen MR) is 96.2 cm³/mol. The van der Waals surface area contributed by atoms with E-state index in [0.29, 0.717) is 19.3 Å². The van der Waals surface area contributed by atoms with E-state index in [9.17, 15) is 5.11 Å². The van der Waals surface area contributed by atoms with Gasteiger partial charge in [-0.15, -0.1) is 0 Å². The first-order valence-electron chi connectivity index (χ1n) is 8.64. The molecule has 1 aliphatic carbocycles. The van der Waals surface area contributed by atoms with E-state index in [-0.39, 0.29) is 11.5 Å². The summed E-state index contributed by atoms with van der Waals surface area (Å²) in [5.41, 5.74) is 1.66. The molecule has 0 spiro atoms. The maximum atomic E-state index is 9.25. The van der Waals surface area contributed by atoms with Gasteiger partial charge >= 0.3 is 0 Å². The van der Waals surface area contributed by atoms with Crippen molar-refractivity contribution in [3.05, 3.63) is 34.9 Å². The SMILES string of the molecule is CC(O)COCCCC(N(C)C)C1(c2ccc(Cl)cc2)CCC1. The number of ether oxygens (including phenoxy) is 1. The van der Waals surface area contributed by atoms with Gasteiger partial charge in [-0.25, -0.2) is 0 Å². The molecule has 3 nitrogen and oxygen atoms in total. The number of hydrogen-bond acceptors (Lipinski definition) is 3. The monoisotopic (exact) mass is 339 g/mol. The molecule has 1 saturated carbocycles. The molecule has 130 valence electrons. The van der Waals surface area contributed by atoms with E-state index < -0.39 is 0 Å². The second kappa shape index (κ2) is 8.48. The van der Waals surface area contributed by atoms with E-state index in [1.54, 1.807) is 6.92 Å². The average molecular weight is 340 g/mol. The Labute approximate surface area is 145 Å². The second-order valence-corrected chi connectivity index (χ2v) is 7.50. The van der Waals surface area contributed by atoms with Gasteiger partial charge in [0.05, 0.1) is 12.7 Å². The molecule has 2 rings (SSSR count). The highest BCUT2D eigenvalue weighted by atomic mass is 35.5. The fourth-order valence-electron chi connectivity index (χ4n) is 3.82. The summed E-state index contributed by atoms with van der Waals surface area (Å²) in [6, 6.07) is 8.92. The first kappa shape index (κ1) is 18.7. The number of aliphatic hydroxyl groups excluding tert-OH is 1. The molecule has 0 saturated heterocycles. The van der Waals surface area contributed by atoms with Gasteiger partial charge in [-0.1, -0.05) is 30.2 Å². The molecule has 1 aliphatic rings. The first-order chi connectivity index (χ1) is 11.0. The van der Waals surface area contributed by atoms with Crippen LogP contribution in [0.5, 0.6) is 0 Å². The molecule has 23 heavy (non-hydrogen) atoms. The summed E-state index contributed by atoms with van der Waals surface area (Å²) in [6.07, 6.45) is 5.52. The van der Waals surface area contributed by atoms with Gasteiger partial charge in [0.1, 0.15) is 0 Å². The summed E-state index contributed by atoms with van der Waals surface area (Å²) in [7, 11) is 4.36. The van der Waals surface area contributed by atoms with E-state index in [4.69, 9.17) is 16.3 Å². The summed E-state index contributed by atoms with van der Waals surface area (Å²) >= 11 is 6.06. The Balaban J connectivity index is 2.01. The maximum absolute atomic E-state index is 9.25. The third-order valence-electron chi connectivity index (χ3n) is 5.05. The van der Waals surface area contributed by atoms with E-state index >= 15 is 0 Å². The molecule has 0 amide bonds. The minimum absolute atomic E-state index is 0.248. The largest absolute Gasteiger partial charge is 0.391 e. The van der Waals surface area contributed by atoms with Crippen LogP contribution in [0.4, 0.5) is 0 Å². The Kier molecular flexibility index (Phi) is 6.90. The van der Waals surface area contributed by atoms with Gasteiger partial charge in [0.15, 0.2) is 0 Å². The van der Waals surface area contributed by atoms with Crippen molar-refractivity contribution in [2.24, 2.45) is 0 Å². The molecule has 2 atom stereocenters. The Morgan fingerprint density at radius 3 is 2.39 bits per heavy atom. The molecular formula is C19H30ClNO2. The van der Waals surface area contributed by atoms with Crippen LogP contribution in [0.2, 0.25) is 5.02 Å². The van der Waals surface area contributed by atoms with Gasteiger partial charge in [0.2, 0.25) is 0 Å². The molecule has 0 aromatic heterocycles. The molecule has 1 aromatic rings. The lowest BCUT2D eigenvalue weighted by molar-refractivity contribution is 0.0352. The molecule has 1 N–H and O–H groups in total. The number of nitrogens with zero attached hydrogens (tertiary/aromatic N) is 1. The van der Waals surface area contributed by atoms with E-state index in [2.05, 4.69) is 31.1 Å². The Hall–Kier alpha value is -0.610. The second-order valence-electron chi connectivity index (χ2n) is 7.06. The quantitative estimate of drug-likeness (QED) is 0.693. The summed E-state index contributed by atoms with van der Waals surface area (Å²) < 4.78 is 5.53. The van der Waals surface area contributed by atoms with Gasteiger partial charge in [0, 0.05) is 23.1 Å². The van der Waals surface area contributed by atoms with Crippen LogP contribution in [-0.2, 0) is 10.2 Å². The van der Waals surface area contributed by atoms with Crippen LogP contribution in [0.15, 0.2) is 24.3 Å². The third kappa shape index (κ3) is 4.69. The average Bonchev–Trinajstić information content (AvgIpc) is 2.45. The summed E-state index contributed by atoms with van der Waals surface area (Å²) in [4.78, 5) is 2.36. The Bertz CT molecular complexity index is 469. The van der Waals surface area contributed by atoms with E-state index in [0.717, 1.165) is 17.9 Å². The third-order valence-corrected chi connectivity index (χ3v) is 5.30. The van der Waals surface area contributed by atoms with Crippen LogP contribution < -0.4 is 0 Å². The van der Waals surface area contributed by atoms with Gasteiger partial charge in [0.25, 0.3) is 0 Å². The van der Waals surface area contributed by atoms with Crippen LogP contribution >= 0.6 is 11.6 Å². The van der Waals surface area contributed by atoms with Crippen LogP contribution in [0, 0.1) is 0 Å². The molecule has 0 aliphatic heterocycles. The summed E-state index contributed by atoms with van der Waals surface area (Å²) in [5, 5.41) is 10.1. The lowest BCUT2D eigenvalue weighted by atomic mass is 9.59. The molecule has 0 bridgehead atoms. The van der Waals surface area contributed by atoms with E-state index in [1.165, 1.54) is 24.8 Å². The Morgan fingerprint density at radius 1 is 1.26 bits per heavy atom. The van der Waals surface area contributed by atoms with Gasteiger partial charge in [-0.05, 0) is 64.4 Å². The van der Waals surface area contributed by atoms with Crippen molar-refractivity contribution in [1.29, 1.82) is 0 Å². The topological polar surface area (TPSA) is 32.7 Å². The van der Waals surface area contributed by atoms with Gasteiger partial charge in [-0.3, -0.25) is 0 Å². The van der Waals surface area contributed by atoms with Crippen LogP contribution in [0.3, 0.4) is 0 Å². The van der Waals surface area contributed by atoms with Crippen molar-refractivity contribution in [3.63, 3.8) is 0 Å². The molecule has 0 radical (unpaired) electrons. The normalized spacial score (nSPS) is 19.4. The molecule has 1 aromatic carbocycles. The fourth-order valence-corrected chi connectivity index (χ4v) is 3.94. The highest BCUT2D eigenvalue weighted by Gasteiger charge is 2.45. The van der Waals surface area contributed by atoms with E-state index in [1.807, 2.05) is 12.1 Å². The number of halogens is 1. The van der Waals surface area contributed by atoms with Crippen molar-refractivity contribution in [2.75, 3.05) is 27.3 Å². The minimum Gasteiger partial charge on any atom is -0.391 e.